The van der Waals surface area contributed by atoms with Gasteiger partial charge in [-0.15, -0.1) is 0 Å². The van der Waals surface area contributed by atoms with E-state index in [1.54, 1.807) is 0 Å². The van der Waals surface area contributed by atoms with Gasteiger partial charge in [0.05, 0.1) is 6.61 Å². The Morgan fingerprint density at radius 1 is 1.32 bits per heavy atom. The van der Waals surface area contributed by atoms with Gasteiger partial charge in [-0.3, -0.25) is 0 Å². The Morgan fingerprint density at radius 3 is 3.00 bits per heavy atom. The summed E-state index contributed by atoms with van der Waals surface area (Å²) in [5, 5.41) is 0. The van der Waals surface area contributed by atoms with Gasteiger partial charge in [0.15, 0.2) is 0 Å². The minimum atomic E-state index is 0.205. The first-order valence-corrected chi connectivity index (χ1v) is 7.80. The molecule has 1 aliphatic carbocycles. The van der Waals surface area contributed by atoms with Crippen molar-refractivity contribution in [3.63, 3.8) is 0 Å². The maximum atomic E-state index is 6.59. The zero-order valence-electron chi connectivity index (χ0n) is 11.9. The summed E-state index contributed by atoms with van der Waals surface area (Å²) >= 11 is 0. The first-order chi connectivity index (χ1) is 9.29. The van der Waals surface area contributed by atoms with E-state index in [-0.39, 0.29) is 6.04 Å². The molecule has 104 valence electrons. The van der Waals surface area contributed by atoms with Crippen LogP contribution in [0.3, 0.4) is 0 Å². The normalized spacial score (nSPS) is 27.7. The predicted molar refractivity (Wildman–Crippen MR) is 78.3 cm³/mol. The van der Waals surface area contributed by atoms with Crippen LogP contribution in [0.2, 0.25) is 0 Å². The Kier molecular flexibility index (Phi) is 3.79. The van der Waals surface area contributed by atoms with Gasteiger partial charge >= 0.3 is 0 Å². The largest absolute Gasteiger partial charge is 0.493 e. The smallest absolute Gasteiger partial charge is 0.122 e. The van der Waals surface area contributed by atoms with E-state index in [4.69, 9.17) is 10.5 Å². The molecule has 0 bridgehead atoms. The summed E-state index contributed by atoms with van der Waals surface area (Å²) in [6.45, 7) is 3.14. The first kappa shape index (κ1) is 13.0. The summed E-state index contributed by atoms with van der Waals surface area (Å²) in [4.78, 5) is 0. The zero-order valence-corrected chi connectivity index (χ0v) is 11.9. The summed E-state index contributed by atoms with van der Waals surface area (Å²) in [5.74, 6) is 2.54. The second-order valence-electron chi connectivity index (χ2n) is 6.11. The van der Waals surface area contributed by atoms with E-state index in [1.807, 2.05) is 0 Å². The van der Waals surface area contributed by atoms with Crippen LogP contribution >= 0.6 is 0 Å². The van der Waals surface area contributed by atoms with E-state index >= 15 is 0 Å². The maximum absolute atomic E-state index is 6.59. The molecule has 1 saturated carbocycles. The summed E-state index contributed by atoms with van der Waals surface area (Å²) in [6.07, 6.45) is 7.71. The molecule has 0 amide bonds. The molecule has 3 unspecified atom stereocenters. The van der Waals surface area contributed by atoms with Crippen LogP contribution in [0.25, 0.3) is 0 Å². The van der Waals surface area contributed by atoms with Gasteiger partial charge in [0.2, 0.25) is 0 Å². The maximum Gasteiger partial charge on any atom is 0.122 e. The molecular formula is C17H25NO. The highest BCUT2D eigenvalue weighted by Crippen LogP contribution is 2.40. The molecule has 2 heteroatoms. The molecule has 0 radical (unpaired) electrons. The molecule has 2 aliphatic rings. The monoisotopic (exact) mass is 259 g/mol. The van der Waals surface area contributed by atoms with Crippen molar-refractivity contribution in [3.8, 4) is 5.75 Å². The van der Waals surface area contributed by atoms with Gasteiger partial charge < -0.3 is 10.5 Å². The molecular weight excluding hydrogens is 234 g/mol. The van der Waals surface area contributed by atoms with Crippen molar-refractivity contribution < 1.29 is 4.74 Å². The zero-order chi connectivity index (χ0) is 13.2. The molecule has 0 aromatic heterocycles. The topological polar surface area (TPSA) is 35.2 Å². The summed E-state index contributed by atoms with van der Waals surface area (Å²) < 4.78 is 5.58. The number of fused-ring (bicyclic) bond motifs is 1. The van der Waals surface area contributed by atoms with Crippen LogP contribution < -0.4 is 10.5 Å². The van der Waals surface area contributed by atoms with Crippen molar-refractivity contribution in [1.29, 1.82) is 0 Å². The van der Waals surface area contributed by atoms with Crippen molar-refractivity contribution in [2.75, 3.05) is 6.61 Å². The number of rotatable bonds is 3. The number of nitrogens with two attached hydrogens (primary N) is 1. The van der Waals surface area contributed by atoms with E-state index in [0.29, 0.717) is 5.92 Å². The third-order valence-corrected chi connectivity index (χ3v) is 5.05. The fraction of sp³-hybridized carbons (Fsp3) is 0.647. The van der Waals surface area contributed by atoms with Crippen molar-refractivity contribution in [3.05, 3.63) is 29.3 Å². The summed E-state index contributed by atoms with van der Waals surface area (Å²) in [5.41, 5.74) is 9.25. The average molecular weight is 259 g/mol. The molecule has 0 spiro atoms. The Bertz CT molecular complexity index is 443. The standard InChI is InChI=1S/C17H25NO/c1-2-12-5-3-4-6-15(12)17(18)14-7-8-16-13(11-14)9-10-19-16/h7-8,11-12,15,17H,2-6,9-10,18H2,1H3. The molecule has 1 aromatic carbocycles. The SMILES string of the molecule is CCC1CCCCC1C(N)c1ccc2c(c1)CCO2. The van der Waals surface area contributed by atoms with Crippen LogP contribution in [0.5, 0.6) is 5.75 Å². The number of hydrogen-bond donors (Lipinski definition) is 1. The Morgan fingerprint density at radius 2 is 2.16 bits per heavy atom. The van der Waals surface area contributed by atoms with Crippen molar-refractivity contribution in [1.82, 2.24) is 0 Å². The average Bonchev–Trinajstić information content (AvgIpc) is 2.93. The fourth-order valence-corrected chi connectivity index (χ4v) is 3.88. The Balaban J connectivity index is 1.80. The number of hydrogen-bond acceptors (Lipinski definition) is 2. The lowest BCUT2D eigenvalue weighted by Crippen LogP contribution is -2.30. The van der Waals surface area contributed by atoms with E-state index in [9.17, 15) is 0 Å². The Hall–Kier alpha value is -1.02. The lowest BCUT2D eigenvalue weighted by atomic mass is 9.72. The molecule has 2 N–H and O–H groups in total. The van der Waals surface area contributed by atoms with Crippen LogP contribution in [0.1, 0.15) is 56.2 Å². The molecule has 3 rings (SSSR count). The van der Waals surface area contributed by atoms with E-state index in [1.165, 1.54) is 43.2 Å². The predicted octanol–water partition coefficient (Wildman–Crippen LogP) is 3.84. The molecule has 0 saturated heterocycles. The van der Waals surface area contributed by atoms with Gasteiger partial charge in [0, 0.05) is 12.5 Å². The highest BCUT2D eigenvalue weighted by Gasteiger charge is 2.30. The number of ether oxygens (including phenoxy) is 1. The van der Waals surface area contributed by atoms with E-state index in [2.05, 4.69) is 25.1 Å². The van der Waals surface area contributed by atoms with Gasteiger partial charge in [-0.05, 0) is 35.4 Å². The third-order valence-electron chi connectivity index (χ3n) is 5.05. The van der Waals surface area contributed by atoms with Gasteiger partial charge in [-0.1, -0.05) is 44.7 Å². The molecule has 3 atom stereocenters. The lowest BCUT2D eigenvalue weighted by Gasteiger charge is -2.35. The molecule has 1 aromatic rings. The first-order valence-electron chi connectivity index (χ1n) is 7.80. The molecule has 19 heavy (non-hydrogen) atoms. The van der Waals surface area contributed by atoms with Crippen LogP contribution in [0.4, 0.5) is 0 Å². The summed E-state index contributed by atoms with van der Waals surface area (Å²) in [6, 6.07) is 6.78. The van der Waals surface area contributed by atoms with Crippen molar-refractivity contribution >= 4 is 0 Å². The van der Waals surface area contributed by atoms with Crippen LogP contribution in [0, 0.1) is 11.8 Å². The fourth-order valence-electron chi connectivity index (χ4n) is 3.88. The number of benzene rings is 1. The molecule has 1 aliphatic heterocycles. The summed E-state index contributed by atoms with van der Waals surface area (Å²) in [7, 11) is 0. The van der Waals surface area contributed by atoms with Gasteiger partial charge in [-0.2, -0.15) is 0 Å². The van der Waals surface area contributed by atoms with E-state index in [0.717, 1.165) is 24.7 Å². The van der Waals surface area contributed by atoms with E-state index < -0.39 is 0 Å². The second-order valence-corrected chi connectivity index (χ2v) is 6.11. The van der Waals surface area contributed by atoms with Crippen molar-refractivity contribution in [2.45, 2.75) is 51.5 Å². The van der Waals surface area contributed by atoms with Gasteiger partial charge in [0.25, 0.3) is 0 Å². The highest BCUT2D eigenvalue weighted by atomic mass is 16.5. The third kappa shape index (κ3) is 2.51. The van der Waals surface area contributed by atoms with Crippen LogP contribution in [-0.2, 0) is 6.42 Å². The van der Waals surface area contributed by atoms with Gasteiger partial charge in [0.1, 0.15) is 5.75 Å². The molecule has 2 nitrogen and oxygen atoms in total. The minimum absolute atomic E-state index is 0.205. The van der Waals surface area contributed by atoms with Crippen LogP contribution in [-0.4, -0.2) is 6.61 Å². The van der Waals surface area contributed by atoms with Crippen LogP contribution in [0.15, 0.2) is 18.2 Å². The molecule has 1 fully saturated rings. The molecule has 1 heterocycles. The quantitative estimate of drug-likeness (QED) is 0.895. The van der Waals surface area contributed by atoms with Crippen molar-refractivity contribution in [2.24, 2.45) is 17.6 Å². The van der Waals surface area contributed by atoms with Gasteiger partial charge in [-0.25, -0.2) is 0 Å². The lowest BCUT2D eigenvalue weighted by molar-refractivity contribution is 0.196. The highest BCUT2D eigenvalue weighted by molar-refractivity contribution is 5.40. The minimum Gasteiger partial charge on any atom is -0.493 e. The second kappa shape index (κ2) is 5.54. The Labute approximate surface area is 116 Å².